The van der Waals surface area contributed by atoms with Crippen LogP contribution in [-0.4, -0.2) is 43.8 Å². The van der Waals surface area contributed by atoms with E-state index in [1.54, 1.807) is 0 Å². The first-order valence-electron chi connectivity index (χ1n) is 4.64. The normalized spacial score (nSPS) is 34.0. The second kappa shape index (κ2) is 4.19. The standard InChI is InChI=1S/C9H19FN2/c1-7-5-12(3)6-9(7)11-8(2)4-10/h7-9,11H,4-6H2,1-3H3. The highest BCUT2D eigenvalue weighted by atomic mass is 19.1. The van der Waals surface area contributed by atoms with Crippen LogP contribution in [0.3, 0.4) is 0 Å². The van der Waals surface area contributed by atoms with Crippen LogP contribution in [0, 0.1) is 5.92 Å². The third-order valence-electron chi connectivity index (χ3n) is 2.52. The Kier molecular flexibility index (Phi) is 3.47. The van der Waals surface area contributed by atoms with Crippen LogP contribution in [0.1, 0.15) is 13.8 Å². The zero-order valence-electron chi connectivity index (χ0n) is 8.18. The molecule has 0 amide bonds. The van der Waals surface area contributed by atoms with E-state index in [-0.39, 0.29) is 12.7 Å². The largest absolute Gasteiger partial charge is 0.307 e. The molecule has 1 heterocycles. The summed E-state index contributed by atoms with van der Waals surface area (Å²) in [5.41, 5.74) is 0. The van der Waals surface area contributed by atoms with Crippen LogP contribution >= 0.6 is 0 Å². The van der Waals surface area contributed by atoms with Crippen molar-refractivity contribution in [2.24, 2.45) is 5.92 Å². The van der Waals surface area contributed by atoms with E-state index in [9.17, 15) is 4.39 Å². The third kappa shape index (κ3) is 2.42. The Morgan fingerprint density at radius 2 is 2.25 bits per heavy atom. The average molecular weight is 174 g/mol. The Morgan fingerprint density at radius 1 is 1.58 bits per heavy atom. The molecule has 12 heavy (non-hydrogen) atoms. The van der Waals surface area contributed by atoms with Crippen molar-refractivity contribution in [3.05, 3.63) is 0 Å². The summed E-state index contributed by atoms with van der Waals surface area (Å²) in [7, 11) is 2.11. The van der Waals surface area contributed by atoms with Crippen molar-refractivity contribution in [2.75, 3.05) is 26.8 Å². The number of hydrogen-bond donors (Lipinski definition) is 1. The quantitative estimate of drug-likeness (QED) is 0.683. The number of nitrogens with zero attached hydrogens (tertiary/aromatic N) is 1. The van der Waals surface area contributed by atoms with Crippen molar-refractivity contribution in [3.8, 4) is 0 Å². The van der Waals surface area contributed by atoms with Crippen LogP contribution in [0.2, 0.25) is 0 Å². The zero-order chi connectivity index (χ0) is 9.14. The number of hydrogen-bond acceptors (Lipinski definition) is 2. The highest BCUT2D eigenvalue weighted by Gasteiger charge is 2.27. The minimum Gasteiger partial charge on any atom is -0.307 e. The Bertz CT molecular complexity index is 140. The summed E-state index contributed by atoms with van der Waals surface area (Å²) in [5.74, 6) is 0.643. The Balaban J connectivity index is 2.32. The highest BCUT2D eigenvalue weighted by Crippen LogP contribution is 2.14. The molecule has 0 aromatic rings. The Labute approximate surface area is 74.1 Å². The lowest BCUT2D eigenvalue weighted by molar-refractivity contribution is 0.334. The molecule has 0 aromatic carbocycles. The highest BCUT2D eigenvalue weighted by molar-refractivity contribution is 4.86. The topological polar surface area (TPSA) is 15.3 Å². The van der Waals surface area contributed by atoms with E-state index in [1.807, 2.05) is 6.92 Å². The number of likely N-dealkylation sites (N-methyl/N-ethyl adjacent to an activating group) is 1. The van der Waals surface area contributed by atoms with Gasteiger partial charge < -0.3 is 10.2 Å². The van der Waals surface area contributed by atoms with E-state index >= 15 is 0 Å². The first kappa shape index (κ1) is 9.93. The van der Waals surface area contributed by atoms with Gasteiger partial charge in [0.1, 0.15) is 6.67 Å². The van der Waals surface area contributed by atoms with Gasteiger partial charge >= 0.3 is 0 Å². The fourth-order valence-electron chi connectivity index (χ4n) is 1.84. The predicted molar refractivity (Wildman–Crippen MR) is 49.0 cm³/mol. The Morgan fingerprint density at radius 3 is 2.67 bits per heavy atom. The van der Waals surface area contributed by atoms with Crippen molar-refractivity contribution < 1.29 is 4.39 Å². The van der Waals surface area contributed by atoms with Crippen molar-refractivity contribution in [3.63, 3.8) is 0 Å². The van der Waals surface area contributed by atoms with Gasteiger partial charge in [0.25, 0.3) is 0 Å². The lowest BCUT2D eigenvalue weighted by atomic mass is 10.1. The van der Waals surface area contributed by atoms with Gasteiger partial charge in [0.05, 0.1) is 0 Å². The van der Waals surface area contributed by atoms with Crippen LogP contribution in [0.15, 0.2) is 0 Å². The van der Waals surface area contributed by atoms with Crippen molar-refractivity contribution in [1.29, 1.82) is 0 Å². The summed E-state index contributed by atoms with van der Waals surface area (Å²) in [5, 5.41) is 3.29. The second-order valence-electron chi connectivity index (χ2n) is 4.03. The number of rotatable bonds is 3. The minimum atomic E-state index is -0.271. The summed E-state index contributed by atoms with van der Waals surface area (Å²) in [6.07, 6.45) is 0. The van der Waals surface area contributed by atoms with E-state index in [4.69, 9.17) is 0 Å². The van der Waals surface area contributed by atoms with Crippen LogP contribution < -0.4 is 5.32 Å². The molecule has 1 fully saturated rings. The van der Waals surface area contributed by atoms with E-state index in [2.05, 4.69) is 24.2 Å². The molecule has 3 unspecified atom stereocenters. The van der Waals surface area contributed by atoms with Gasteiger partial charge in [0.15, 0.2) is 0 Å². The van der Waals surface area contributed by atoms with Gasteiger partial charge in [-0.25, -0.2) is 4.39 Å². The SMILES string of the molecule is CC(CF)NC1CN(C)CC1C. The van der Waals surface area contributed by atoms with Gasteiger partial charge in [0, 0.05) is 25.2 Å². The summed E-state index contributed by atoms with van der Waals surface area (Å²) >= 11 is 0. The molecule has 1 aliphatic rings. The van der Waals surface area contributed by atoms with Gasteiger partial charge in [-0.2, -0.15) is 0 Å². The fourth-order valence-corrected chi connectivity index (χ4v) is 1.84. The van der Waals surface area contributed by atoms with E-state index in [0.717, 1.165) is 13.1 Å². The fraction of sp³-hybridized carbons (Fsp3) is 1.00. The Hall–Kier alpha value is -0.150. The smallest absolute Gasteiger partial charge is 0.104 e. The molecule has 1 saturated heterocycles. The number of nitrogens with one attached hydrogen (secondary N) is 1. The van der Waals surface area contributed by atoms with Gasteiger partial charge in [-0.1, -0.05) is 6.92 Å². The molecule has 0 radical (unpaired) electrons. The molecule has 2 nitrogen and oxygen atoms in total. The molecule has 0 aromatic heterocycles. The maximum Gasteiger partial charge on any atom is 0.104 e. The summed E-state index contributed by atoms with van der Waals surface area (Å²) in [4.78, 5) is 2.29. The van der Waals surface area contributed by atoms with Gasteiger partial charge in [-0.3, -0.25) is 0 Å². The molecule has 3 atom stereocenters. The molecule has 0 spiro atoms. The van der Waals surface area contributed by atoms with Crippen LogP contribution in [0.4, 0.5) is 4.39 Å². The van der Waals surface area contributed by atoms with Crippen LogP contribution in [-0.2, 0) is 0 Å². The van der Waals surface area contributed by atoms with Crippen LogP contribution in [0.5, 0.6) is 0 Å². The van der Waals surface area contributed by atoms with Crippen molar-refractivity contribution in [2.45, 2.75) is 25.9 Å². The molecule has 1 aliphatic heterocycles. The monoisotopic (exact) mass is 174 g/mol. The molecule has 72 valence electrons. The van der Waals surface area contributed by atoms with E-state index in [1.165, 1.54) is 0 Å². The van der Waals surface area contributed by atoms with E-state index in [0.29, 0.717) is 12.0 Å². The molecule has 0 bridgehead atoms. The van der Waals surface area contributed by atoms with Crippen molar-refractivity contribution in [1.82, 2.24) is 10.2 Å². The number of likely N-dealkylation sites (tertiary alicyclic amines) is 1. The molecule has 3 heteroatoms. The summed E-state index contributed by atoms with van der Waals surface area (Å²) in [6, 6.07) is 0.477. The van der Waals surface area contributed by atoms with Gasteiger partial charge in [-0.15, -0.1) is 0 Å². The summed E-state index contributed by atoms with van der Waals surface area (Å²) in [6.45, 7) is 6.01. The number of halogens is 1. The van der Waals surface area contributed by atoms with Crippen LogP contribution in [0.25, 0.3) is 0 Å². The lowest BCUT2D eigenvalue weighted by Gasteiger charge is -2.19. The summed E-state index contributed by atoms with van der Waals surface area (Å²) < 4.78 is 12.2. The maximum atomic E-state index is 12.2. The first-order valence-corrected chi connectivity index (χ1v) is 4.64. The van der Waals surface area contributed by atoms with Gasteiger partial charge in [-0.05, 0) is 19.9 Å². The van der Waals surface area contributed by atoms with E-state index < -0.39 is 0 Å². The maximum absolute atomic E-state index is 12.2. The minimum absolute atomic E-state index is 0.00366. The lowest BCUT2D eigenvalue weighted by Crippen LogP contribution is -2.41. The molecular weight excluding hydrogens is 155 g/mol. The second-order valence-corrected chi connectivity index (χ2v) is 4.03. The first-order chi connectivity index (χ1) is 5.63. The molecule has 0 aliphatic carbocycles. The number of alkyl halides is 1. The molecule has 1 rings (SSSR count). The predicted octanol–water partition coefficient (Wildman–Crippen LogP) is 0.884. The molecular formula is C9H19FN2. The van der Waals surface area contributed by atoms with Crippen molar-refractivity contribution >= 4 is 0 Å². The third-order valence-corrected chi connectivity index (χ3v) is 2.52. The molecule has 0 saturated carbocycles. The average Bonchev–Trinajstić information content (AvgIpc) is 2.30. The zero-order valence-corrected chi connectivity index (χ0v) is 8.18. The van der Waals surface area contributed by atoms with Gasteiger partial charge in [0.2, 0.25) is 0 Å². The molecule has 1 N–H and O–H groups in total.